The molecule has 5 N–H and O–H groups in total. The van der Waals surface area contributed by atoms with Gasteiger partial charge in [-0.2, -0.15) is 0 Å². The van der Waals surface area contributed by atoms with E-state index >= 15 is 0 Å². The fourth-order valence-electron chi connectivity index (χ4n) is 1.41. The maximum atomic E-state index is 11.5. The van der Waals surface area contributed by atoms with E-state index in [1.165, 1.54) is 0 Å². The van der Waals surface area contributed by atoms with Gasteiger partial charge in [0.25, 0.3) is 0 Å². The van der Waals surface area contributed by atoms with Crippen molar-refractivity contribution in [2.75, 3.05) is 13.1 Å². The maximum absolute atomic E-state index is 11.5. The standard InChI is InChI=1S/C11H18N2O8/c1-7(14)13(21)4-2-3-12-8(15)5-11(20,10(18)19)6-9(16)17/h20-21H,2-6H2,1H3,(H,12,15)(H,16,17)(H,18,19). The Morgan fingerprint density at radius 3 is 2.14 bits per heavy atom. The first-order chi connectivity index (χ1) is 9.58. The van der Waals surface area contributed by atoms with Crippen LogP contribution in [0.2, 0.25) is 0 Å². The van der Waals surface area contributed by atoms with Crippen LogP contribution in [-0.2, 0) is 19.2 Å². The number of carbonyl (C=O) groups is 4. The minimum absolute atomic E-state index is 0.0198. The Morgan fingerprint density at radius 1 is 1.14 bits per heavy atom. The first kappa shape index (κ1) is 18.8. The summed E-state index contributed by atoms with van der Waals surface area (Å²) < 4.78 is 0. The number of hydrogen-bond donors (Lipinski definition) is 5. The van der Waals surface area contributed by atoms with Crippen LogP contribution in [0.4, 0.5) is 0 Å². The van der Waals surface area contributed by atoms with Crippen molar-refractivity contribution in [3.05, 3.63) is 0 Å². The van der Waals surface area contributed by atoms with Crippen molar-refractivity contribution in [3.8, 4) is 0 Å². The molecule has 0 bridgehead atoms. The van der Waals surface area contributed by atoms with Gasteiger partial charge in [-0.05, 0) is 6.42 Å². The Balaban J connectivity index is 4.25. The highest BCUT2D eigenvalue weighted by molar-refractivity contribution is 5.90. The monoisotopic (exact) mass is 306 g/mol. The number of aliphatic hydroxyl groups is 1. The van der Waals surface area contributed by atoms with E-state index < -0.39 is 42.2 Å². The predicted octanol–water partition coefficient (Wildman–Crippen LogP) is -1.59. The third-order valence-electron chi connectivity index (χ3n) is 2.53. The van der Waals surface area contributed by atoms with Crippen molar-refractivity contribution in [2.45, 2.75) is 31.8 Å². The number of carbonyl (C=O) groups excluding carboxylic acids is 2. The number of nitrogens with zero attached hydrogens (tertiary/aromatic N) is 1. The summed E-state index contributed by atoms with van der Waals surface area (Å²) in [6, 6.07) is 0. The summed E-state index contributed by atoms with van der Waals surface area (Å²) >= 11 is 0. The van der Waals surface area contributed by atoms with Crippen molar-refractivity contribution < 1.29 is 39.7 Å². The molecule has 10 heteroatoms. The first-order valence-electron chi connectivity index (χ1n) is 5.99. The molecule has 0 radical (unpaired) electrons. The summed E-state index contributed by atoms with van der Waals surface area (Å²) in [7, 11) is 0. The number of aliphatic carboxylic acids is 2. The van der Waals surface area contributed by atoms with Gasteiger partial charge in [-0.15, -0.1) is 0 Å². The average molecular weight is 306 g/mol. The van der Waals surface area contributed by atoms with Gasteiger partial charge in [-0.1, -0.05) is 0 Å². The van der Waals surface area contributed by atoms with Gasteiger partial charge in [0, 0.05) is 13.5 Å². The number of amides is 2. The third kappa shape index (κ3) is 7.22. The van der Waals surface area contributed by atoms with E-state index in [-0.39, 0.29) is 19.5 Å². The zero-order valence-corrected chi connectivity index (χ0v) is 11.4. The molecule has 0 rings (SSSR count). The molecule has 0 aromatic heterocycles. The lowest BCUT2D eigenvalue weighted by Crippen LogP contribution is -2.45. The number of hydroxylamine groups is 2. The van der Waals surface area contributed by atoms with Crippen LogP contribution < -0.4 is 5.32 Å². The van der Waals surface area contributed by atoms with Gasteiger partial charge < -0.3 is 20.6 Å². The summed E-state index contributed by atoms with van der Waals surface area (Å²) in [5.41, 5.74) is -2.68. The second-order valence-corrected chi connectivity index (χ2v) is 4.43. The average Bonchev–Trinajstić information content (AvgIpc) is 2.32. The van der Waals surface area contributed by atoms with E-state index in [1.807, 2.05) is 0 Å². The van der Waals surface area contributed by atoms with E-state index in [0.717, 1.165) is 6.92 Å². The van der Waals surface area contributed by atoms with E-state index in [1.54, 1.807) is 0 Å². The molecule has 2 amide bonds. The Hall–Kier alpha value is -2.20. The molecule has 0 heterocycles. The van der Waals surface area contributed by atoms with Crippen LogP contribution in [-0.4, -0.2) is 68.0 Å². The second kappa shape index (κ2) is 8.17. The lowest BCUT2D eigenvalue weighted by Gasteiger charge is -2.20. The quantitative estimate of drug-likeness (QED) is 0.193. The predicted molar refractivity (Wildman–Crippen MR) is 66.3 cm³/mol. The van der Waals surface area contributed by atoms with Crippen LogP contribution >= 0.6 is 0 Å². The molecule has 0 saturated carbocycles. The van der Waals surface area contributed by atoms with Crippen molar-refractivity contribution in [1.82, 2.24) is 10.4 Å². The van der Waals surface area contributed by atoms with Crippen LogP contribution in [0.25, 0.3) is 0 Å². The van der Waals surface area contributed by atoms with Crippen LogP contribution in [0.15, 0.2) is 0 Å². The molecule has 1 unspecified atom stereocenters. The molecule has 21 heavy (non-hydrogen) atoms. The summed E-state index contributed by atoms with van der Waals surface area (Å²) in [6.45, 7) is 1.14. The fourth-order valence-corrected chi connectivity index (χ4v) is 1.41. The Labute approximate surface area is 119 Å². The number of rotatable bonds is 9. The minimum Gasteiger partial charge on any atom is -0.481 e. The number of nitrogens with one attached hydrogen (secondary N) is 1. The van der Waals surface area contributed by atoms with Crippen molar-refractivity contribution in [2.24, 2.45) is 0 Å². The van der Waals surface area contributed by atoms with Crippen LogP contribution in [0.3, 0.4) is 0 Å². The minimum atomic E-state index is -2.68. The maximum Gasteiger partial charge on any atom is 0.336 e. The summed E-state index contributed by atoms with van der Waals surface area (Å²) in [5, 5.41) is 38.6. The smallest absolute Gasteiger partial charge is 0.336 e. The highest BCUT2D eigenvalue weighted by Gasteiger charge is 2.40. The van der Waals surface area contributed by atoms with Gasteiger partial charge in [0.15, 0.2) is 5.60 Å². The molecule has 0 aromatic carbocycles. The lowest BCUT2D eigenvalue weighted by atomic mass is 9.95. The Kier molecular flexibility index (Phi) is 7.31. The van der Waals surface area contributed by atoms with Gasteiger partial charge in [0.2, 0.25) is 11.8 Å². The van der Waals surface area contributed by atoms with Gasteiger partial charge in [-0.3, -0.25) is 19.6 Å². The number of hydrogen-bond acceptors (Lipinski definition) is 6. The molecule has 0 spiro atoms. The fraction of sp³-hybridized carbons (Fsp3) is 0.636. The first-order valence-corrected chi connectivity index (χ1v) is 5.99. The van der Waals surface area contributed by atoms with E-state index in [2.05, 4.69) is 5.32 Å². The molecule has 0 aliphatic heterocycles. The topological polar surface area (TPSA) is 164 Å². The molecular weight excluding hydrogens is 288 g/mol. The molecule has 0 fully saturated rings. The van der Waals surface area contributed by atoms with Gasteiger partial charge in [0.05, 0.1) is 19.4 Å². The third-order valence-corrected chi connectivity index (χ3v) is 2.53. The van der Waals surface area contributed by atoms with Gasteiger partial charge in [-0.25, -0.2) is 9.86 Å². The van der Waals surface area contributed by atoms with Crippen LogP contribution in [0.1, 0.15) is 26.2 Å². The van der Waals surface area contributed by atoms with Crippen LogP contribution in [0, 0.1) is 0 Å². The summed E-state index contributed by atoms with van der Waals surface area (Å²) in [4.78, 5) is 43.4. The molecule has 0 saturated heterocycles. The van der Waals surface area contributed by atoms with Gasteiger partial charge in [0.1, 0.15) is 0 Å². The highest BCUT2D eigenvalue weighted by atomic mass is 16.5. The van der Waals surface area contributed by atoms with Crippen molar-refractivity contribution in [3.63, 3.8) is 0 Å². The normalized spacial score (nSPS) is 13.1. The lowest BCUT2D eigenvalue weighted by molar-refractivity contribution is -0.167. The molecule has 1 atom stereocenters. The number of carboxylic acid groups (broad SMARTS) is 2. The SMILES string of the molecule is CC(=O)N(O)CCCNC(=O)CC(O)(CC(=O)O)C(=O)O. The van der Waals surface area contributed by atoms with E-state index in [9.17, 15) is 24.3 Å². The zero-order chi connectivity index (χ0) is 16.6. The van der Waals surface area contributed by atoms with E-state index in [4.69, 9.17) is 15.4 Å². The molecule has 10 nitrogen and oxygen atoms in total. The highest BCUT2D eigenvalue weighted by Crippen LogP contribution is 2.15. The van der Waals surface area contributed by atoms with E-state index in [0.29, 0.717) is 5.06 Å². The van der Waals surface area contributed by atoms with Crippen molar-refractivity contribution >= 4 is 23.8 Å². The zero-order valence-electron chi connectivity index (χ0n) is 11.4. The molecule has 0 aliphatic rings. The molecular formula is C11H18N2O8. The molecule has 120 valence electrons. The Morgan fingerprint density at radius 2 is 1.71 bits per heavy atom. The molecule has 0 aromatic rings. The Bertz CT molecular complexity index is 424. The van der Waals surface area contributed by atoms with Gasteiger partial charge >= 0.3 is 11.9 Å². The number of carboxylic acids is 2. The molecule has 0 aliphatic carbocycles. The summed E-state index contributed by atoms with van der Waals surface area (Å²) in [5.74, 6) is -4.78. The summed E-state index contributed by atoms with van der Waals surface area (Å²) in [6.07, 6.45) is -1.82. The second-order valence-electron chi connectivity index (χ2n) is 4.43. The van der Waals surface area contributed by atoms with Crippen molar-refractivity contribution in [1.29, 1.82) is 0 Å². The largest absolute Gasteiger partial charge is 0.481 e. The van der Waals surface area contributed by atoms with Crippen LogP contribution in [0.5, 0.6) is 0 Å².